The van der Waals surface area contributed by atoms with E-state index in [0.29, 0.717) is 6.61 Å². The largest absolute Gasteiger partial charge is 0.389 e. The van der Waals surface area contributed by atoms with E-state index in [9.17, 15) is 5.11 Å². The number of hydrogen-bond acceptors (Lipinski definition) is 4. The third-order valence-corrected chi connectivity index (χ3v) is 3.70. The topological polar surface area (TPSA) is 44.7 Å². The minimum Gasteiger partial charge on any atom is -0.389 e. The first kappa shape index (κ1) is 13.3. The van der Waals surface area contributed by atoms with Gasteiger partial charge in [0.15, 0.2) is 0 Å². The molecular weight excluding hydrogens is 216 g/mol. The summed E-state index contributed by atoms with van der Waals surface area (Å²) < 4.78 is 4.97. The number of piperidine rings is 1. The highest BCUT2D eigenvalue weighted by molar-refractivity contribution is 4.84. The number of nitrogens with one attached hydrogen (secondary N) is 1. The zero-order valence-corrected chi connectivity index (χ0v) is 10.9. The summed E-state index contributed by atoms with van der Waals surface area (Å²) in [5, 5.41) is 13.3. The molecule has 1 heterocycles. The van der Waals surface area contributed by atoms with Gasteiger partial charge in [-0.3, -0.25) is 0 Å². The van der Waals surface area contributed by atoms with E-state index in [1.807, 2.05) is 0 Å². The van der Waals surface area contributed by atoms with Crippen LogP contribution in [0.15, 0.2) is 0 Å². The molecule has 2 aliphatic rings. The maximum Gasteiger partial charge on any atom is 0.0900 e. The number of ether oxygens (including phenoxy) is 1. The Morgan fingerprint density at radius 1 is 1.41 bits per heavy atom. The lowest BCUT2D eigenvalue weighted by Crippen LogP contribution is -2.44. The molecule has 17 heavy (non-hydrogen) atoms. The van der Waals surface area contributed by atoms with E-state index < -0.39 is 0 Å². The van der Waals surface area contributed by atoms with Crippen molar-refractivity contribution < 1.29 is 9.84 Å². The lowest BCUT2D eigenvalue weighted by molar-refractivity contribution is 0.0271. The molecule has 1 aliphatic carbocycles. The number of likely N-dealkylation sites (tertiary alicyclic amines) is 1. The van der Waals surface area contributed by atoms with E-state index in [-0.39, 0.29) is 6.10 Å². The van der Waals surface area contributed by atoms with E-state index in [4.69, 9.17) is 4.74 Å². The van der Waals surface area contributed by atoms with Crippen molar-refractivity contribution in [2.45, 2.75) is 37.8 Å². The third-order valence-electron chi connectivity index (χ3n) is 3.70. The molecule has 0 aromatic rings. The summed E-state index contributed by atoms with van der Waals surface area (Å²) in [6.45, 7) is 4.61. The molecule has 2 unspecified atom stereocenters. The van der Waals surface area contributed by atoms with Crippen LogP contribution in [-0.4, -0.2) is 62.0 Å². The van der Waals surface area contributed by atoms with Crippen molar-refractivity contribution in [1.29, 1.82) is 0 Å². The zero-order valence-electron chi connectivity index (χ0n) is 10.9. The normalized spacial score (nSPS) is 28.2. The number of nitrogens with zero attached hydrogens (tertiary/aromatic N) is 1. The van der Waals surface area contributed by atoms with Gasteiger partial charge in [0.05, 0.1) is 12.7 Å². The second kappa shape index (κ2) is 6.69. The van der Waals surface area contributed by atoms with Gasteiger partial charge in [0.25, 0.3) is 0 Å². The molecule has 0 spiro atoms. The Kier molecular flexibility index (Phi) is 5.22. The molecule has 2 N–H and O–H groups in total. The predicted molar refractivity (Wildman–Crippen MR) is 68.1 cm³/mol. The lowest BCUT2D eigenvalue weighted by Gasteiger charge is -2.34. The van der Waals surface area contributed by atoms with E-state index in [1.165, 1.54) is 25.7 Å². The Morgan fingerprint density at radius 3 is 2.94 bits per heavy atom. The van der Waals surface area contributed by atoms with Crippen LogP contribution in [0.1, 0.15) is 25.7 Å². The monoisotopic (exact) mass is 242 g/mol. The molecule has 1 saturated heterocycles. The van der Waals surface area contributed by atoms with Crippen molar-refractivity contribution >= 4 is 0 Å². The van der Waals surface area contributed by atoms with Crippen LogP contribution in [0.2, 0.25) is 0 Å². The minimum atomic E-state index is -0.338. The molecule has 2 rings (SSSR count). The van der Waals surface area contributed by atoms with Crippen LogP contribution in [0.4, 0.5) is 0 Å². The van der Waals surface area contributed by atoms with Gasteiger partial charge in [0.2, 0.25) is 0 Å². The van der Waals surface area contributed by atoms with Crippen molar-refractivity contribution in [2.24, 2.45) is 5.92 Å². The summed E-state index contributed by atoms with van der Waals surface area (Å²) in [5.41, 5.74) is 0. The molecule has 1 aliphatic heterocycles. The average molecular weight is 242 g/mol. The molecule has 0 aromatic carbocycles. The number of methoxy groups -OCH3 is 1. The van der Waals surface area contributed by atoms with E-state index >= 15 is 0 Å². The standard InChI is InChI=1S/C13H26N2O2/c1-17-10-13(16)9-15-6-2-3-11(8-15)7-14-12-4-5-12/h11-14,16H,2-10H2,1H3. The molecule has 0 bridgehead atoms. The zero-order chi connectivity index (χ0) is 12.1. The van der Waals surface area contributed by atoms with Gasteiger partial charge in [-0.25, -0.2) is 0 Å². The Hall–Kier alpha value is -0.160. The molecule has 2 fully saturated rings. The van der Waals surface area contributed by atoms with Gasteiger partial charge in [-0.1, -0.05) is 0 Å². The van der Waals surface area contributed by atoms with Crippen LogP contribution in [0, 0.1) is 5.92 Å². The number of rotatable bonds is 7. The summed E-state index contributed by atoms with van der Waals surface area (Å²) in [6.07, 6.45) is 4.98. The van der Waals surface area contributed by atoms with Crippen molar-refractivity contribution in [1.82, 2.24) is 10.2 Å². The van der Waals surface area contributed by atoms with Gasteiger partial charge in [-0.15, -0.1) is 0 Å². The van der Waals surface area contributed by atoms with Crippen LogP contribution >= 0.6 is 0 Å². The Balaban J connectivity index is 1.64. The summed E-state index contributed by atoms with van der Waals surface area (Å²) in [6, 6.07) is 0.810. The van der Waals surface area contributed by atoms with E-state index in [2.05, 4.69) is 10.2 Å². The fourth-order valence-electron chi connectivity index (χ4n) is 2.65. The van der Waals surface area contributed by atoms with Gasteiger partial charge >= 0.3 is 0 Å². The first-order valence-corrected chi connectivity index (χ1v) is 6.90. The van der Waals surface area contributed by atoms with Crippen molar-refractivity contribution in [3.63, 3.8) is 0 Å². The predicted octanol–water partition coefficient (Wildman–Crippen LogP) is 0.458. The van der Waals surface area contributed by atoms with Crippen molar-refractivity contribution in [2.75, 3.05) is 39.9 Å². The first-order valence-electron chi connectivity index (χ1n) is 6.90. The SMILES string of the molecule is COCC(O)CN1CCCC(CNC2CC2)C1. The molecule has 4 nitrogen and oxygen atoms in total. The summed E-state index contributed by atoms with van der Waals surface area (Å²) in [4.78, 5) is 2.38. The highest BCUT2D eigenvalue weighted by Gasteiger charge is 2.25. The van der Waals surface area contributed by atoms with Crippen molar-refractivity contribution in [3.05, 3.63) is 0 Å². The Labute approximate surface area is 104 Å². The quantitative estimate of drug-likeness (QED) is 0.681. The van der Waals surface area contributed by atoms with Gasteiger partial charge in [0.1, 0.15) is 0 Å². The number of aliphatic hydroxyl groups excluding tert-OH is 1. The molecular formula is C13H26N2O2. The highest BCUT2D eigenvalue weighted by Crippen LogP contribution is 2.21. The van der Waals surface area contributed by atoms with Crippen LogP contribution in [0.25, 0.3) is 0 Å². The van der Waals surface area contributed by atoms with Crippen LogP contribution in [-0.2, 0) is 4.74 Å². The lowest BCUT2D eigenvalue weighted by atomic mass is 9.97. The van der Waals surface area contributed by atoms with Crippen LogP contribution in [0.5, 0.6) is 0 Å². The maximum atomic E-state index is 9.73. The van der Waals surface area contributed by atoms with E-state index in [1.54, 1.807) is 7.11 Å². The highest BCUT2D eigenvalue weighted by atomic mass is 16.5. The molecule has 1 saturated carbocycles. The first-order chi connectivity index (χ1) is 8.28. The fourth-order valence-corrected chi connectivity index (χ4v) is 2.65. The third kappa shape index (κ3) is 4.92. The molecule has 2 atom stereocenters. The summed E-state index contributed by atoms with van der Waals surface area (Å²) in [5.74, 6) is 0.763. The van der Waals surface area contributed by atoms with Gasteiger partial charge in [-0.05, 0) is 44.7 Å². The van der Waals surface area contributed by atoms with Gasteiger partial charge < -0.3 is 20.1 Å². The summed E-state index contributed by atoms with van der Waals surface area (Å²) in [7, 11) is 1.64. The second-order valence-electron chi connectivity index (χ2n) is 5.56. The van der Waals surface area contributed by atoms with Crippen LogP contribution < -0.4 is 5.32 Å². The molecule has 0 radical (unpaired) electrons. The van der Waals surface area contributed by atoms with Crippen molar-refractivity contribution in [3.8, 4) is 0 Å². The van der Waals surface area contributed by atoms with Gasteiger partial charge in [-0.2, -0.15) is 0 Å². The van der Waals surface area contributed by atoms with Crippen LogP contribution in [0.3, 0.4) is 0 Å². The molecule has 4 heteroatoms. The Morgan fingerprint density at radius 2 is 2.24 bits per heavy atom. The number of hydrogen-bond donors (Lipinski definition) is 2. The Bertz CT molecular complexity index is 221. The number of β-amino-alcohol motifs (C(OH)–C–C–N with tert-alkyl or cyclic N) is 1. The molecule has 0 aromatic heterocycles. The summed E-state index contributed by atoms with van der Waals surface area (Å²) >= 11 is 0. The smallest absolute Gasteiger partial charge is 0.0900 e. The molecule has 0 amide bonds. The van der Waals surface area contributed by atoms with E-state index in [0.717, 1.165) is 38.1 Å². The second-order valence-corrected chi connectivity index (χ2v) is 5.56. The van der Waals surface area contributed by atoms with Gasteiger partial charge in [0, 0.05) is 26.2 Å². The molecule has 100 valence electrons. The fraction of sp³-hybridized carbons (Fsp3) is 1.00. The number of aliphatic hydroxyl groups is 1. The maximum absolute atomic E-state index is 9.73. The minimum absolute atomic E-state index is 0.338. The average Bonchev–Trinajstić information content (AvgIpc) is 3.11.